The highest BCUT2D eigenvalue weighted by Gasteiger charge is 2.30. The lowest BCUT2D eigenvalue weighted by Crippen LogP contribution is -2.46. The molecular weight excluding hydrogens is 338 g/mol. The number of amides is 2. The van der Waals surface area contributed by atoms with Crippen LogP contribution in [0.1, 0.15) is 36.2 Å². The number of rotatable bonds is 9. The van der Waals surface area contributed by atoms with Crippen molar-refractivity contribution >= 4 is 23.2 Å². The topological polar surface area (TPSA) is 61.9 Å². The first kappa shape index (κ1) is 19.9. The third kappa shape index (κ3) is 5.52. The van der Waals surface area contributed by atoms with Crippen LogP contribution in [0.15, 0.2) is 11.4 Å². The zero-order chi connectivity index (χ0) is 18.2. The van der Waals surface area contributed by atoms with E-state index < -0.39 is 0 Å². The van der Waals surface area contributed by atoms with Gasteiger partial charge < -0.3 is 15.0 Å². The van der Waals surface area contributed by atoms with E-state index in [1.54, 1.807) is 23.3 Å². The maximum Gasteiger partial charge on any atom is 0.237 e. The summed E-state index contributed by atoms with van der Waals surface area (Å²) < 4.78 is 4.95. The molecule has 0 aromatic carbocycles. The predicted molar refractivity (Wildman–Crippen MR) is 99.8 cm³/mol. The van der Waals surface area contributed by atoms with Gasteiger partial charge in [-0.15, -0.1) is 11.3 Å². The number of carbonyl (C=O) groups is 2. The van der Waals surface area contributed by atoms with Crippen LogP contribution in [0.3, 0.4) is 0 Å². The number of nitrogens with zero attached hydrogens (tertiary/aromatic N) is 2. The molecule has 2 amide bonds. The third-order valence-corrected chi connectivity index (χ3v) is 5.46. The number of fused-ring (bicyclic) bond motifs is 1. The molecule has 1 aliphatic heterocycles. The maximum absolute atomic E-state index is 12.7. The summed E-state index contributed by atoms with van der Waals surface area (Å²) in [6, 6.07) is 2.31. The van der Waals surface area contributed by atoms with Crippen molar-refractivity contribution in [1.29, 1.82) is 0 Å². The van der Waals surface area contributed by atoms with Crippen molar-refractivity contribution in [1.82, 2.24) is 15.1 Å². The Morgan fingerprint density at radius 1 is 1.44 bits per heavy atom. The molecule has 0 bridgehead atoms. The fraction of sp³-hybridized carbons (Fsp3) is 0.667. The van der Waals surface area contributed by atoms with Crippen molar-refractivity contribution in [3.8, 4) is 0 Å². The lowest BCUT2D eigenvalue weighted by atomic mass is 9.98. The Labute approximate surface area is 154 Å². The van der Waals surface area contributed by atoms with Crippen LogP contribution in [-0.4, -0.2) is 68.6 Å². The number of hydrogen-bond acceptors (Lipinski definition) is 5. The Kier molecular flexibility index (Phi) is 7.87. The first-order valence-corrected chi connectivity index (χ1v) is 9.74. The van der Waals surface area contributed by atoms with Gasteiger partial charge in [-0.3, -0.25) is 14.5 Å². The van der Waals surface area contributed by atoms with Gasteiger partial charge in [-0.1, -0.05) is 6.92 Å². The van der Waals surface area contributed by atoms with Gasteiger partial charge in [0.05, 0.1) is 19.1 Å². The average molecular weight is 368 g/mol. The number of carbonyl (C=O) groups excluding carboxylic acids is 2. The summed E-state index contributed by atoms with van der Waals surface area (Å²) in [5.41, 5.74) is 1.30. The van der Waals surface area contributed by atoms with E-state index in [-0.39, 0.29) is 30.9 Å². The van der Waals surface area contributed by atoms with Gasteiger partial charge in [0.1, 0.15) is 0 Å². The molecule has 1 unspecified atom stereocenters. The zero-order valence-corrected chi connectivity index (χ0v) is 16.2. The lowest BCUT2D eigenvalue weighted by Gasteiger charge is -2.36. The van der Waals surface area contributed by atoms with E-state index in [1.165, 1.54) is 10.4 Å². The smallest absolute Gasteiger partial charge is 0.237 e. The molecule has 6 nitrogen and oxygen atoms in total. The minimum Gasteiger partial charge on any atom is -0.385 e. The quantitative estimate of drug-likeness (QED) is 0.675. The molecule has 25 heavy (non-hydrogen) atoms. The van der Waals surface area contributed by atoms with Gasteiger partial charge in [-0.25, -0.2) is 0 Å². The minimum absolute atomic E-state index is 0.0581. The number of thiophene rings is 1. The molecule has 2 heterocycles. The summed E-state index contributed by atoms with van der Waals surface area (Å²) in [6.07, 6.45) is 2.64. The molecule has 0 spiro atoms. The number of methoxy groups -OCH3 is 1. The van der Waals surface area contributed by atoms with E-state index >= 15 is 0 Å². The van der Waals surface area contributed by atoms with Crippen LogP contribution in [0, 0.1) is 0 Å². The minimum atomic E-state index is -0.0581. The van der Waals surface area contributed by atoms with Gasteiger partial charge in [0.25, 0.3) is 0 Å². The van der Waals surface area contributed by atoms with Gasteiger partial charge in [-0.2, -0.15) is 0 Å². The van der Waals surface area contributed by atoms with Crippen LogP contribution < -0.4 is 5.32 Å². The van der Waals surface area contributed by atoms with E-state index in [9.17, 15) is 9.59 Å². The maximum atomic E-state index is 12.7. The van der Waals surface area contributed by atoms with E-state index in [2.05, 4.69) is 23.7 Å². The molecule has 1 N–H and O–H groups in total. The molecular formula is C18H29N3O3S. The van der Waals surface area contributed by atoms with Crippen LogP contribution >= 0.6 is 11.3 Å². The second-order valence-electron chi connectivity index (χ2n) is 6.43. The summed E-state index contributed by atoms with van der Waals surface area (Å²) in [6.45, 7) is 4.61. The molecule has 1 aromatic rings. The third-order valence-electron chi connectivity index (χ3n) is 4.47. The Bertz CT molecular complexity index is 576. The summed E-state index contributed by atoms with van der Waals surface area (Å²) in [7, 11) is 3.46. The largest absolute Gasteiger partial charge is 0.385 e. The van der Waals surface area contributed by atoms with Gasteiger partial charge in [0, 0.05) is 31.7 Å². The fourth-order valence-electron chi connectivity index (χ4n) is 3.26. The van der Waals surface area contributed by atoms with Crippen molar-refractivity contribution in [2.75, 3.05) is 46.9 Å². The molecule has 0 radical (unpaired) electrons. The highest BCUT2D eigenvalue weighted by Crippen LogP contribution is 2.35. The molecule has 1 aromatic heterocycles. The standard InChI is InChI=1S/C18H29N3O3S/c1-4-15-14-7-11-25-16(14)6-9-21(15)18(23)13-20(2)12-17(22)19-8-5-10-24-3/h7,11,15H,4-6,8-10,12-13H2,1-3H3,(H,19,22). The summed E-state index contributed by atoms with van der Waals surface area (Å²) in [5, 5.41) is 4.96. The van der Waals surface area contributed by atoms with E-state index in [0.29, 0.717) is 13.2 Å². The number of hydrogen-bond donors (Lipinski definition) is 1. The van der Waals surface area contributed by atoms with Crippen LogP contribution in [-0.2, 0) is 20.7 Å². The number of likely N-dealkylation sites (N-methyl/N-ethyl adjacent to an activating group) is 1. The van der Waals surface area contributed by atoms with Gasteiger partial charge in [0.2, 0.25) is 11.8 Å². The Balaban J connectivity index is 1.81. The molecule has 1 atom stereocenters. The molecule has 7 heteroatoms. The highest BCUT2D eigenvalue weighted by molar-refractivity contribution is 7.10. The normalized spacial score (nSPS) is 16.8. The van der Waals surface area contributed by atoms with Crippen molar-refractivity contribution in [3.63, 3.8) is 0 Å². The number of ether oxygens (including phenoxy) is 1. The average Bonchev–Trinajstić information content (AvgIpc) is 3.06. The van der Waals surface area contributed by atoms with Crippen molar-refractivity contribution in [2.45, 2.75) is 32.2 Å². The molecule has 140 valence electrons. The van der Waals surface area contributed by atoms with E-state index in [1.807, 2.05) is 11.9 Å². The second-order valence-corrected chi connectivity index (χ2v) is 7.43. The van der Waals surface area contributed by atoms with Gasteiger partial charge in [-0.05, 0) is 43.3 Å². The van der Waals surface area contributed by atoms with Gasteiger partial charge >= 0.3 is 0 Å². The molecule has 1 aliphatic rings. The monoisotopic (exact) mass is 367 g/mol. The highest BCUT2D eigenvalue weighted by atomic mass is 32.1. The van der Waals surface area contributed by atoms with Crippen molar-refractivity contribution < 1.29 is 14.3 Å². The molecule has 0 saturated carbocycles. The Morgan fingerprint density at radius 3 is 2.96 bits per heavy atom. The van der Waals surface area contributed by atoms with Crippen molar-refractivity contribution in [2.24, 2.45) is 0 Å². The summed E-state index contributed by atoms with van der Waals surface area (Å²) in [5.74, 6) is 0.0376. The first-order chi connectivity index (χ1) is 12.1. The molecule has 0 fully saturated rings. The molecule has 2 rings (SSSR count). The predicted octanol–water partition coefficient (Wildman–Crippen LogP) is 1.67. The number of nitrogens with one attached hydrogen (secondary N) is 1. The van der Waals surface area contributed by atoms with E-state index in [0.717, 1.165) is 25.8 Å². The first-order valence-electron chi connectivity index (χ1n) is 8.86. The lowest BCUT2D eigenvalue weighted by molar-refractivity contribution is -0.135. The summed E-state index contributed by atoms with van der Waals surface area (Å²) >= 11 is 1.78. The summed E-state index contributed by atoms with van der Waals surface area (Å²) in [4.78, 5) is 29.8. The Morgan fingerprint density at radius 2 is 2.24 bits per heavy atom. The molecule has 0 saturated heterocycles. The van der Waals surface area contributed by atoms with Crippen molar-refractivity contribution in [3.05, 3.63) is 21.9 Å². The molecule has 0 aliphatic carbocycles. The second kappa shape index (κ2) is 9.89. The Hall–Kier alpha value is -1.44. The van der Waals surface area contributed by atoms with Crippen LogP contribution in [0.4, 0.5) is 0 Å². The van der Waals surface area contributed by atoms with Gasteiger partial charge in [0.15, 0.2) is 0 Å². The van der Waals surface area contributed by atoms with Crippen LogP contribution in [0.2, 0.25) is 0 Å². The van der Waals surface area contributed by atoms with Crippen LogP contribution in [0.5, 0.6) is 0 Å². The van der Waals surface area contributed by atoms with Crippen LogP contribution in [0.25, 0.3) is 0 Å². The zero-order valence-electron chi connectivity index (χ0n) is 15.4. The van der Waals surface area contributed by atoms with E-state index in [4.69, 9.17) is 4.74 Å². The SMILES string of the molecule is CCC1c2ccsc2CCN1C(=O)CN(C)CC(=O)NCCCOC. The fourth-order valence-corrected chi connectivity index (χ4v) is 4.19.